The highest BCUT2D eigenvalue weighted by Gasteiger charge is 2.15. The molecule has 0 aliphatic heterocycles. The van der Waals surface area contributed by atoms with E-state index < -0.39 is 0 Å². The number of anilines is 3. The van der Waals surface area contributed by atoms with Gasteiger partial charge in [-0.15, -0.1) is 0 Å². The van der Waals surface area contributed by atoms with Gasteiger partial charge in [0.05, 0.1) is 17.2 Å². The van der Waals surface area contributed by atoms with Gasteiger partial charge in [-0.2, -0.15) is 0 Å². The fraction of sp³-hybridized carbons (Fsp3) is 0.484. The Hall–Kier alpha value is -2.90. The Balaban J connectivity index is 1.49. The number of aromatic nitrogens is 2. The maximum atomic E-state index is 12.7. The van der Waals surface area contributed by atoms with E-state index in [0.717, 1.165) is 24.1 Å². The van der Waals surface area contributed by atoms with Gasteiger partial charge in [0.15, 0.2) is 0 Å². The molecule has 218 valence electrons. The molecule has 0 atom stereocenters. The van der Waals surface area contributed by atoms with Crippen molar-refractivity contribution >= 4 is 46.3 Å². The highest BCUT2D eigenvalue weighted by Crippen LogP contribution is 2.33. The number of unbranched alkanes of at least 4 members (excludes halogenated alkanes) is 10. The van der Waals surface area contributed by atoms with Crippen molar-refractivity contribution in [3.8, 4) is 11.4 Å². The van der Waals surface area contributed by atoms with E-state index in [4.69, 9.17) is 27.9 Å². The minimum absolute atomic E-state index is 0.00840. The third-order valence-corrected chi connectivity index (χ3v) is 7.54. The Morgan fingerprint density at radius 3 is 2.10 bits per heavy atom. The van der Waals surface area contributed by atoms with E-state index in [1.54, 1.807) is 12.1 Å². The lowest BCUT2D eigenvalue weighted by Crippen LogP contribution is -2.14. The first-order chi connectivity index (χ1) is 19.3. The molecule has 1 amide bonds. The molecule has 0 saturated carbocycles. The van der Waals surface area contributed by atoms with Crippen molar-refractivity contribution in [2.45, 2.75) is 90.9 Å². The van der Waals surface area contributed by atoms with E-state index in [9.17, 15) is 9.59 Å². The lowest BCUT2D eigenvalue weighted by molar-refractivity contribution is -0.116. The van der Waals surface area contributed by atoms with Crippen LogP contribution in [0.1, 0.15) is 89.5 Å². The highest BCUT2D eigenvalue weighted by atomic mass is 35.5. The summed E-state index contributed by atoms with van der Waals surface area (Å²) in [7, 11) is 1.52. The van der Waals surface area contributed by atoms with Gasteiger partial charge >= 0.3 is 0 Å². The summed E-state index contributed by atoms with van der Waals surface area (Å²) in [5, 5.41) is 9.79. The zero-order chi connectivity index (χ0) is 28.9. The molecule has 9 heteroatoms. The number of amides is 1. The van der Waals surface area contributed by atoms with Crippen molar-refractivity contribution in [1.29, 1.82) is 0 Å². The molecular formula is C31H42Cl2N4O3. The van der Waals surface area contributed by atoms with E-state index in [1.165, 1.54) is 75.6 Å². The number of H-pyrrole nitrogens is 1. The molecule has 3 aromatic rings. The fourth-order valence-corrected chi connectivity index (χ4v) is 5.29. The monoisotopic (exact) mass is 588 g/mol. The molecule has 0 unspecified atom stereocenters. The smallest absolute Gasteiger partial charge is 0.273 e. The molecule has 40 heavy (non-hydrogen) atoms. The van der Waals surface area contributed by atoms with Gasteiger partial charge in [-0.1, -0.05) is 100 Å². The minimum Gasteiger partial charge on any atom is -0.497 e. The topological polar surface area (TPSA) is 88.2 Å². The number of carbonyl (C=O) groups is 1. The van der Waals surface area contributed by atoms with Gasteiger partial charge < -0.3 is 15.4 Å². The maximum absolute atomic E-state index is 12.7. The van der Waals surface area contributed by atoms with Gasteiger partial charge in [-0.05, 0) is 31.0 Å². The number of aryl methyl sites for hydroxylation is 1. The van der Waals surface area contributed by atoms with E-state index in [-0.39, 0.29) is 21.5 Å². The SMILES string of the molecule is CCCCCCCCCCCCCC(=O)Nc1ccc(C)c(Nc2cc(=O)n(-c3c(Cl)cc(OC)cc3Cl)[nH]2)c1. The Morgan fingerprint density at radius 2 is 1.50 bits per heavy atom. The quantitative estimate of drug-likeness (QED) is 0.137. The van der Waals surface area contributed by atoms with E-state index in [2.05, 4.69) is 22.7 Å². The Bertz CT molecular complexity index is 1280. The molecule has 0 fully saturated rings. The molecule has 1 aromatic heterocycles. The van der Waals surface area contributed by atoms with E-state index >= 15 is 0 Å². The predicted octanol–water partition coefficient (Wildman–Crippen LogP) is 9.17. The standard InChI is InChI=1S/C31H42Cl2N4O3/c1-4-5-6-7-8-9-10-11-12-13-14-15-29(38)34-23-17-16-22(2)27(18-23)35-28-21-30(39)37(36-28)31-25(32)19-24(40-3)20-26(31)33/h16-21,35-36H,4-15H2,1-3H3,(H,34,38). The minimum atomic E-state index is -0.328. The number of aromatic amines is 1. The third-order valence-electron chi connectivity index (χ3n) is 6.97. The zero-order valence-corrected chi connectivity index (χ0v) is 25.4. The molecule has 0 bridgehead atoms. The van der Waals surface area contributed by atoms with Crippen LogP contribution in [-0.4, -0.2) is 22.8 Å². The van der Waals surface area contributed by atoms with Gasteiger partial charge in [0, 0.05) is 36.0 Å². The molecule has 3 N–H and O–H groups in total. The van der Waals surface area contributed by atoms with Crippen LogP contribution in [0.4, 0.5) is 17.2 Å². The summed E-state index contributed by atoms with van der Waals surface area (Å²) in [6, 6.07) is 10.3. The van der Waals surface area contributed by atoms with Crippen LogP contribution in [0, 0.1) is 6.92 Å². The number of methoxy groups -OCH3 is 1. The lowest BCUT2D eigenvalue weighted by atomic mass is 10.1. The average Bonchev–Trinajstić information content (AvgIpc) is 3.27. The van der Waals surface area contributed by atoms with Crippen molar-refractivity contribution in [2.75, 3.05) is 17.7 Å². The van der Waals surface area contributed by atoms with Gasteiger partial charge in [-0.25, -0.2) is 4.68 Å². The summed E-state index contributed by atoms with van der Waals surface area (Å²) >= 11 is 12.7. The van der Waals surface area contributed by atoms with Crippen molar-refractivity contribution in [2.24, 2.45) is 0 Å². The summed E-state index contributed by atoms with van der Waals surface area (Å²) < 4.78 is 6.46. The molecule has 0 saturated heterocycles. The number of nitrogens with zero attached hydrogens (tertiary/aromatic N) is 1. The van der Waals surface area contributed by atoms with Crippen LogP contribution in [0.2, 0.25) is 10.0 Å². The number of ether oxygens (including phenoxy) is 1. The second-order valence-electron chi connectivity index (χ2n) is 10.3. The summed E-state index contributed by atoms with van der Waals surface area (Å²) in [5.41, 5.74) is 2.42. The van der Waals surface area contributed by atoms with Crippen LogP contribution in [0.3, 0.4) is 0 Å². The molecular weight excluding hydrogens is 547 g/mol. The summed E-state index contributed by atoms with van der Waals surface area (Å²) in [6.45, 7) is 4.20. The first kappa shape index (κ1) is 31.6. The number of rotatable bonds is 17. The molecule has 1 heterocycles. The average molecular weight is 590 g/mol. The van der Waals surface area contributed by atoms with Gasteiger partial charge in [-0.3, -0.25) is 14.7 Å². The van der Waals surface area contributed by atoms with Gasteiger partial charge in [0.1, 0.15) is 17.3 Å². The number of nitrogens with one attached hydrogen (secondary N) is 3. The number of benzene rings is 2. The van der Waals surface area contributed by atoms with Crippen LogP contribution in [0.25, 0.3) is 5.69 Å². The molecule has 0 radical (unpaired) electrons. The Morgan fingerprint density at radius 1 is 0.900 bits per heavy atom. The molecule has 3 rings (SSSR count). The van der Waals surface area contributed by atoms with Crippen LogP contribution >= 0.6 is 23.2 Å². The molecule has 2 aromatic carbocycles. The first-order valence-electron chi connectivity index (χ1n) is 14.4. The zero-order valence-electron chi connectivity index (χ0n) is 23.9. The number of carbonyl (C=O) groups excluding carboxylic acids is 1. The molecule has 0 spiro atoms. The number of halogens is 2. The van der Waals surface area contributed by atoms with Gasteiger partial charge in [0.25, 0.3) is 5.56 Å². The fourth-order valence-electron chi connectivity index (χ4n) is 4.65. The number of hydrogen-bond acceptors (Lipinski definition) is 4. The van der Waals surface area contributed by atoms with Gasteiger partial charge in [0.2, 0.25) is 5.91 Å². The lowest BCUT2D eigenvalue weighted by Gasteiger charge is -2.12. The third kappa shape index (κ3) is 9.63. The summed E-state index contributed by atoms with van der Waals surface area (Å²) in [4.78, 5) is 25.2. The van der Waals surface area contributed by atoms with Crippen LogP contribution in [0.5, 0.6) is 5.75 Å². The number of hydrogen-bond donors (Lipinski definition) is 3. The molecule has 0 aliphatic rings. The molecule has 0 aliphatic carbocycles. The predicted molar refractivity (Wildman–Crippen MR) is 167 cm³/mol. The van der Waals surface area contributed by atoms with Crippen LogP contribution in [0.15, 0.2) is 41.2 Å². The van der Waals surface area contributed by atoms with E-state index in [1.807, 2.05) is 25.1 Å². The molecule has 7 nitrogen and oxygen atoms in total. The Labute approximate surface area is 247 Å². The van der Waals surface area contributed by atoms with Crippen molar-refractivity contribution in [3.05, 3.63) is 62.4 Å². The van der Waals surface area contributed by atoms with Crippen molar-refractivity contribution in [1.82, 2.24) is 9.78 Å². The van der Waals surface area contributed by atoms with Crippen LogP contribution in [-0.2, 0) is 4.79 Å². The maximum Gasteiger partial charge on any atom is 0.273 e. The summed E-state index contributed by atoms with van der Waals surface area (Å²) in [5.74, 6) is 0.962. The summed E-state index contributed by atoms with van der Waals surface area (Å²) in [6.07, 6.45) is 14.3. The van der Waals surface area contributed by atoms with Crippen molar-refractivity contribution < 1.29 is 9.53 Å². The normalized spacial score (nSPS) is 11.0. The highest BCUT2D eigenvalue weighted by molar-refractivity contribution is 6.38. The van der Waals surface area contributed by atoms with Crippen LogP contribution < -0.4 is 20.9 Å². The Kier molecular flexibility index (Phi) is 13.0. The largest absolute Gasteiger partial charge is 0.497 e. The second-order valence-corrected chi connectivity index (χ2v) is 11.1. The van der Waals surface area contributed by atoms with Crippen molar-refractivity contribution in [3.63, 3.8) is 0 Å². The van der Waals surface area contributed by atoms with E-state index in [0.29, 0.717) is 29.4 Å². The first-order valence-corrected chi connectivity index (χ1v) is 15.1. The second kappa shape index (κ2) is 16.4.